The highest BCUT2D eigenvalue weighted by atomic mass is 16.5. The molecule has 0 radical (unpaired) electrons. The van der Waals surface area contributed by atoms with E-state index in [0.29, 0.717) is 0 Å². The predicted octanol–water partition coefficient (Wildman–Crippen LogP) is 2.37. The Hall–Kier alpha value is -1.97. The zero-order valence-corrected chi connectivity index (χ0v) is 10.5. The maximum Gasteiger partial charge on any atom is 0.119 e. The largest absolute Gasteiger partial charge is 0.497 e. The van der Waals surface area contributed by atoms with Crippen molar-refractivity contribution < 1.29 is 4.74 Å². The maximum absolute atomic E-state index is 5.29. The summed E-state index contributed by atoms with van der Waals surface area (Å²) < 4.78 is 5.29. The second kappa shape index (κ2) is 4.72. The molecule has 2 heterocycles. The van der Waals surface area contributed by atoms with Gasteiger partial charge in [0.15, 0.2) is 0 Å². The molecular formula is C14H17N3O. The SMILES string of the molecule is COc1ccc2c(c1)CCCN2Cc1cnc[nH]1. The molecule has 1 aromatic heterocycles. The molecule has 0 atom stereocenters. The number of hydrogen-bond acceptors (Lipinski definition) is 3. The Balaban J connectivity index is 1.87. The van der Waals surface area contributed by atoms with Crippen molar-refractivity contribution in [2.45, 2.75) is 19.4 Å². The number of fused-ring (bicyclic) bond motifs is 1. The van der Waals surface area contributed by atoms with Crippen LogP contribution in [0.2, 0.25) is 0 Å². The number of aromatic nitrogens is 2. The predicted molar refractivity (Wildman–Crippen MR) is 71.0 cm³/mol. The van der Waals surface area contributed by atoms with Gasteiger partial charge in [0.05, 0.1) is 25.7 Å². The summed E-state index contributed by atoms with van der Waals surface area (Å²) >= 11 is 0. The van der Waals surface area contributed by atoms with Crippen molar-refractivity contribution in [1.29, 1.82) is 0 Å². The molecule has 18 heavy (non-hydrogen) atoms. The molecule has 4 heteroatoms. The Bertz CT molecular complexity index is 522. The molecule has 0 spiro atoms. The Morgan fingerprint density at radius 1 is 1.44 bits per heavy atom. The second-order valence-electron chi connectivity index (χ2n) is 4.60. The Kier molecular flexibility index (Phi) is 2.92. The summed E-state index contributed by atoms with van der Waals surface area (Å²) in [5.74, 6) is 0.942. The lowest BCUT2D eigenvalue weighted by atomic mass is 10.0. The van der Waals surface area contributed by atoms with Crippen LogP contribution in [0.25, 0.3) is 0 Å². The van der Waals surface area contributed by atoms with Crippen LogP contribution in [-0.2, 0) is 13.0 Å². The van der Waals surface area contributed by atoms with Crippen molar-refractivity contribution in [3.63, 3.8) is 0 Å². The number of ether oxygens (including phenoxy) is 1. The van der Waals surface area contributed by atoms with Crippen molar-refractivity contribution in [3.05, 3.63) is 42.0 Å². The van der Waals surface area contributed by atoms with Crippen LogP contribution in [0.5, 0.6) is 5.75 Å². The van der Waals surface area contributed by atoms with Crippen molar-refractivity contribution in [2.75, 3.05) is 18.6 Å². The van der Waals surface area contributed by atoms with E-state index in [2.05, 4.69) is 27.0 Å². The van der Waals surface area contributed by atoms with Crippen LogP contribution in [0.1, 0.15) is 17.7 Å². The third-order valence-corrected chi connectivity index (χ3v) is 3.42. The molecule has 0 amide bonds. The van der Waals surface area contributed by atoms with E-state index < -0.39 is 0 Å². The average molecular weight is 243 g/mol. The lowest BCUT2D eigenvalue weighted by Crippen LogP contribution is -2.28. The molecule has 94 valence electrons. The van der Waals surface area contributed by atoms with Gasteiger partial charge in [0.2, 0.25) is 0 Å². The number of methoxy groups -OCH3 is 1. The van der Waals surface area contributed by atoms with Gasteiger partial charge in [0.25, 0.3) is 0 Å². The molecule has 1 aliphatic rings. The molecule has 0 aliphatic carbocycles. The Morgan fingerprint density at radius 2 is 2.39 bits per heavy atom. The molecule has 1 aliphatic heterocycles. The standard InChI is InChI=1S/C14H17N3O/c1-18-13-4-5-14-11(7-13)3-2-6-17(14)9-12-8-15-10-16-12/h4-5,7-8,10H,2-3,6,9H2,1H3,(H,15,16). The second-order valence-corrected chi connectivity index (χ2v) is 4.60. The van der Waals surface area contributed by atoms with Crippen LogP contribution >= 0.6 is 0 Å². The summed E-state index contributed by atoms with van der Waals surface area (Å²) in [5.41, 5.74) is 3.84. The first-order valence-corrected chi connectivity index (χ1v) is 6.26. The summed E-state index contributed by atoms with van der Waals surface area (Å²) in [5, 5.41) is 0. The van der Waals surface area contributed by atoms with Crippen LogP contribution in [0.3, 0.4) is 0 Å². The molecule has 2 aromatic rings. The lowest BCUT2D eigenvalue weighted by molar-refractivity contribution is 0.414. The van der Waals surface area contributed by atoms with Gasteiger partial charge in [-0.2, -0.15) is 0 Å². The number of anilines is 1. The quantitative estimate of drug-likeness (QED) is 0.899. The fourth-order valence-corrected chi connectivity index (χ4v) is 2.52. The van der Waals surface area contributed by atoms with Gasteiger partial charge in [-0.3, -0.25) is 0 Å². The molecule has 0 fully saturated rings. The number of nitrogens with one attached hydrogen (secondary N) is 1. The first-order chi connectivity index (χ1) is 8.86. The summed E-state index contributed by atoms with van der Waals surface area (Å²) in [4.78, 5) is 9.62. The first kappa shape index (κ1) is 11.1. The smallest absolute Gasteiger partial charge is 0.119 e. The van der Waals surface area contributed by atoms with Crippen molar-refractivity contribution in [1.82, 2.24) is 9.97 Å². The van der Waals surface area contributed by atoms with E-state index in [1.165, 1.54) is 17.7 Å². The highest BCUT2D eigenvalue weighted by Crippen LogP contribution is 2.31. The van der Waals surface area contributed by atoms with Crippen LogP contribution in [0.4, 0.5) is 5.69 Å². The molecule has 3 rings (SSSR count). The molecule has 0 unspecified atom stereocenters. The van der Waals surface area contributed by atoms with E-state index in [-0.39, 0.29) is 0 Å². The minimum absolute atomic E-state index is 0.888. The van der Waals surface area contributed by atoms with Gasteiger partial charge in [0, 0.05) is 18.4 Å². The number of rotatable bonds is 3. The minimum atomic E-state index is 0.888. The number of aromatic amines is 1. The van der Waals surface area contributed by atoms with Gasteiger partial charge in [-0.25, -0.2) is 4.98 Å². The number of imidazole rings is 1. The van der Waals surface area contributed by atoms with E-state index in [0.717, 1.165) is 31.0 Å². The fourth-order valence-electron chi connectivity index (χ4n) is 2.52. The van der Waals surface area contributed by atoms with Crippen LogP contribution in [0, 0.1) is 0 Å². The number of aryl methyl sites for hydroxylation is 1. The summed E-state index contributed by atoms with van der Waals surface area (Å²) in [6, 6.07) is 6.34. The molecule has 1 aromatic carbocycles. The van der Waals surface area contributed by atoms with Gasteiger partial charge >= 0.3 is 0 Å². The number of nitrogens with zero attached hydrogens (tertiary/aromatic N) is 2. The van der Waals surface area contributed by atoms with Gasteiger partial charge in [0.1, 0.15) is 5.75 Å². The van der Waals surface area contributed by atoms with E-state index in [9.17, 15) is 0 Å². The van der Waals surface area contributed by atoms with Gasteiger partial charge in [-0.1, -0.05) is 0 Å². The molecular weight excluding hydrogens is 226 g/mol. The van der Waals surface area contributed by atoms with Crippen molar-refractivity contribution in [3.8, 4) is 5.75 Å². The van der Waals surface area contributed by atoms with Crippen molar-refractivity contribution in [2.24, 2.45) is 0 Å². The highest BCUT2D eigenvalue weighted by Gasteiger charge is 2.17. The molecule has 0 saturated heterocycles. The molecule has 4 nitrogen and oxygen atoms in total. The van der Waals surface area contributed by atoms with Gasteiger partial charge in [-0.05, 0) is 36.6 Å². The highest BCUT2D eigenvalue weighted by molar-refractivity contribution is 5.58. The summed E-state index contributed by atoms with van der Waals surface area (Å²) in [6.45, 7) is 1.98. The van der Waals surface area contributed by atoms with Crippen LogP contribution < -0.4 is 9.64 Å². The summed E-state index contributed by atoms with van der Waals surface area (Å²) in [6.07, 6.45) is 5.94. The molecule has 1 N–H and O–H groups in total. The number of H-pyrrole nitrogens is 1. The topological polar surface area (TPSA) is 41.1 Å². The normalized spacial score (nSPS) is 14.4. The lowest BCUT2D eigenvalue weighted by Gasteiger charge is -2.31. The zero-order valence-electron chi connectivity index (χ0n) is 10.5. The number of benzene rings is 1. The van der Waals surface area contributed by atoms with Crippen molar-refractivity contribution >= 4 is 5.69 Å². The van der Waals surface area contributed by atoms with Gasteiger partial charge < -0.3 is 14.6 Å². The van der Waals surface area contributed by atoms with E-state index in [4.69, 9.17) is 4.74 Å². The van der Waals surface area contributed by atoms with E-state index >= 15 is 0 Å². The zero-order chi connectivity index (χ0) is 12.4. The van der Waals surface area contributed by atoms with E-state index in [1.807, 2.05) is 12.3 Å². The monoisotopic (exact) mass is 243 g/mol. The number of hydrogen-bond donors (Lipinski definition) is 1. The minimum Gasteiger partial charge on any atom is -0.497 e. The third-order valence-electron chi connectivity index (χ3n) is 3.42. The first-order valence-electron chi connectivity index (χ1n) is 6.26. The molecule has 0 saturated carbocycles. The van der Waals surface area contributed by atoms with Gasteiger partial charge in [-0.15, -0.1) is 0 Å². The van der Waals surface area contributed by atoms with E-state index in [1.54, 1.807) is 13.4 Å². The Morgan fingerprint density at radius 3 is 3.17 bits per heavy atom. The maximum atomic E-state index is 5.29. The van der Waals surface area contributed by atoms with Crippen LogP contribution in [-0.4, -0.2) is 23.6 Å². The summed E-state index contributed by atoms with van der Waals surface area (Å²) in [7, 11) is 1.72. The average Bonchev–Trinajstić information content (AvgIpc) is 2.91. The van der Waals surface area contributed by atoms with Crippen LogP contribution in [0.15, 0.2) is 30.7 Å². The molecule has 0 bridgehead atoms. The third kappa shape index (κ3) is 2.06. The Labute approximate surface area is 107 Å². The fraction of sp³-hybridized carbons (Fsp3) is 0.357.